The van der Waals surface area contributed by atoms with E-state index in [1.807, 2.05) is 31.2 Å². The molecular formula is C27H20ClFN6O2. The number of nitrogens with zero attached hydrogens (tertiary/aromatic N) is 6. The fraction of sp³-hybridized carbons (Fsp3) is 0.148. The normalized spacial score (nSPS) is 11.0. The Hall–Kier alpha value is -4.55. The molecule has 1 aromatic carbocycles. The molecule has 0 aliphatic heterocycles. The fourth-order valence-corrected chi connectivity index (χ4v) is 4.34. The SMILES string of the molecule is Cc1cc(-n2cc(F)cn2)c2cccc(OCc3c(Cl)ccnc3CCn3cccc(C#N)c3=O)c2n1. The van der Waals surface area contributed by atoms with Gasteiger partial charge in [0.1, 0.15) is 29.5 Å². The van der Waals surface area contributed by atoms with Crippen LogP contribution in [0.3, 0.4) is 0 Å². The predicted molar refractivity (Wildman–Crippen MR) is 136 cm³/mol. The fourth-order valence-electron chi connectivity index (χ4n) is 4.12. The molecule has 4 heterocycles. The average Bonchev–Trinajstić information content (AvgIpc) is 3.33. The van der Waals surface area contributed by atoms with Gasteiger partial charge in [0.2, 0.25) is 0 Å². The molecule has 0 radical (unpaired) electrons. The number of pyridine rings is 3. The number of rotatable bonds is 7. The number of benzene rings is 1. The van der Waals surface area contributed by atoms with E-state index in [4.69, 9.17) is 21.6 Å². The molecule has 8 nitrogen and oxygen atoms in total. The van der Waals surface area contributed by atoms with Crippen molar-refractivity contribution in [2.45, 2.75) is 26.5 Å². The van der Waals surface area contributed by atoms with Crippen molar-refractivity contribution in [3.05, 3.63) is 111 Å². The number of aryl methyl sites for hydroxylation is 3. The van der Waals surface area contributed by atoms with E-state index in [0.29, 0.717) is 46.2 Å². The summed E-state index contributed by atoms with van der Waals surface area (Å²) in [6, 6.07) is 14.1. The van der Waals surface area contributed by atoms with Crippen LogP contribution in [0.25, 0.3) is 16.6 Å². The zero-order chi connectivity index (χ0) is 25.9. The molecule has 5 rings (SSSR count). The maximum Gasteiger partial charge on any atom is 0.268 e. The van der Waals surface area contributed by atoms with Gasteiger partial charge in [-0.25, -0.2) is 14.1 Å². The smallest absolute Gasteiger partial charge is 0.268 e. The van der Waals surface area contributed by atoms with Crippen LogP contribution in [0.2, 0.25) is 5.02 Å². The maximum atomic E-state index is 13.6. The second kappa shape index (κ2) is 10.2. The van der Waals surface area contributed by atoms with Gasteiger partial charge in [0.15, 0.2) is 5.82 Å². The van der Waals surface area contributed by atoms with Crippen molar-refractivity contribution in [3.8, 4) is 17.5 Å². The Morgan fingerprint density at radius 1 is 1.22 bits per heavy atom. The summed E-state index contributed by atoms with van der Waals surface area (Å²) < 4.78 is 22.8. The summed E-state index contributed by atoms with van der Waals surface area (Å²) in [7, 11) is 0. The minimum absolute atomic E-state index is 0.0843. The van der Waals surface area contributed by atoms with Gasteiger partial charge in [0.05, 0.1) is 28.8 Å². The molecule has 0 aliphatic rings. The van der Waals surface area contributed by atoms with Crippen LogP contribution in [0.15, 0.2) is 72.0 Å². The Bertz CT molecular complexity index is 1720. The van der Waals surface area contributed by atoms with E-state index < -0.39 is 5.82 Å². The van der Waals surface area contributed by atoms with Crippen molar-refractivity contribution in [3.63, 3.8) is 0 Å². The molecule has 0 amide bonds. The van der Waals surface area contributed by atoms with Gasteiger partial charge in [-0.05, 0) is 37.3 Å². The van der Waals surface area contributed by atoms with Crippen molar-refractivity contribution < 1.29 is 9.13 Å². The number of para-hydroxylation sites is 1. The minimum atomic E-state index is -0.435. The van der Waals surface area contributed by atoms with Crippen molar-refractivity contribution >= 4 is 22.5 Å². The number of fused-ring (bicyclic) bond motifs is 1. The summed E-state index contributed by atoms with van der Waals surface area (Å²) in [5.41, 5.74) is 3.11. The van der Waals surface area contributed by atoms with Crippen LogP contribution in [-0.4, -0.2) is 24.3 Å². The lowest BCUT2D eigenvalue weighted by molar-refractivity contribution is 0.307. The lowest BCUT2D eigenvalue weighted by atomic mass is 10.1. The second-order valence-electron chi connectivity index (χ2n) is 8.33. The maximum absolute atomic E-state index is 13.6. The highest BCUT2D eigenvalue weighted by molar-refractivity contribution is 6.31. The third-order valence-corrected chi connectivity index (χ3v) is 6.25. The van der Waals surface area contributed by atoms with Crippen molar-refractivity contribution in [2.24, 2.45) is 0 Å². The molecule has 0 unspecified atom stereocenters. The van der Waals surface area contributed by atoms with E-state index in [1.165, 1.54) is 21.5 Å². The quantitative estimate of drug-likeness (QED) is 0.310. The van der Waals surface area contributed by atoms with E-state index in [9.17, 15) is 9.18 Å². The molecule has 0 atom stereocenters. The monoisotopic (exact) mass is 514 g/mol. The zero-order valence-corrected chi connectivity index (χ0v) is 20.5. The van der Waals surface area contributed by atoms with Crippen molar-refractivity contribution in [1.29, 1.82) is 5.26 Å². The summed E-state index contributed by atoms with van der Waals surface area (Å²) in [4.78, 5) is 21.5. The second-order valence-corrected chi connectivity index (χ2v) is 8.73. The first kappa shape index (κ1) is 24.2. The molecule has 0 aliphatic carbocycles. The van der Waals surface area contributed by atoms with Gasteiger partial charge in [-0.1, -0.05) is 23.7 Å². The molecule has 10 heteroatoms. The van der Waals surface area contributed by atoms with Gasteiger partial charge in [-0.2, -0.15) is 10.4 Å². The van der Waals surface area contributed by atoms with E-state index in [1.54, 1.807) is 30.6 Å². The first-order valence-corrected chi connectivity index (χ1v) is 11.8. The Morgan fingerprint density at radius 3 is 2.86 bits per heavy atom. The van der Waals surface area contributed by atoms with Crippen LogP contribution < -0.4 is 10.3 Å². The summed E-state index contributed by atoms with van der Waals surface area (Å²) in [6.07, 6.45) is 6.11. The largest absolute Gasteiger partial charge is 0.486 e. The van der Waals surface area contributed by atoms with Crippen LogP contribution >= 0.6 is 11.6 Å². The van der Waals surface area contributed by atoms with Gasteiger partial charge in [-0.3, -0.25) is 9.78 Å². The van der Waals surface area contributed by atoms with Gasteiger partial charge in [0.25, 0.3) is 5.56 Å². The third kappa shape index (κ3) is 4.92. The molecule has 0 fully saturated rings. The number of ether oxygens (including phenoxy) is 1. The van der Waals surface area contributed by atoms with Gasteiger partial charge >= 0.3 is 0 Å². The summed E-state index contributed by atoms with van der Waals surface area (Å²) in [6.45, 7) is 2.29. The van der Waals surface area contributed by atoms with E-state index in [0.717, 1.165) is 17.3 Å². The molecule has 0 bridgehead atoms. The number of nitriles is 1. The highest BCUT2D eigenvalue weighted by atomic mass is 35.5. The van der Waals surface area contributed by atoms with Crippen LogP contribution in [0.1, 0.15) is 22.5 Å². The molecule has 0 saturated carbocycles. The molecule has 184 valence electrons. The van der Waals surface area contributed by atoms with Gasteiger partial charge in [-0.15, -0.1) is 0 Å². The summed E-state index contributed by atoms with van der Waals surface area (Å²) >= 11 is 6.51. The molecule has 0 saturated heterocycles. The van der Waals surface area contributed by atoms with E-state index >= 15 is 0 Å². The molecular weight excluding hydrogens is 495 g/mol. The van der Waals surface area contributed by atoms with Crippen molar-refractivity contribution in [1.82, 2.24) is 24.3 Å². The first-order valence-electron chi connectivity index (χ1n) is 11.4. The van der Waals surface area contributed by atoms with Crippen LogP contribution in [-0.2, 0) is 19.6 Å². The molecule has 4 aromatic heterocycles. The Kier molecular flexibility index (Phi) is 6.66. The van der Waals surface area contributed by atoms with Crippen molar-refractivity contribution in [2.75, 3.05) is 0 Å². The van der Waals surface area contributed by atoms with Crippen LogP contribution in [0.4, 0.5) is 4.39 Å². The standard InChI is InChI=1S/C27H20ClFN6O2/c1-17-12-24(35-15-19(29)14-32-35)20-5-2-6-25(26(20)33-17)37-16-21-22(28)7-9-31-23(21)8-11-34-10-3-4-18(13-30)27(34)36/h2-7,9-10,12,14-15H,8,11,16H2,1H3. The number of hydrogen-bond donors (Lipinski definition) is 0. The number of hydrogen-bond acceptors (Lipinski definition) is 6. The lowest BCUT2D eigenvalue weighted by Crippen LogP contribution is -2.23. The topological polar surface area (TPSA) is 98.6 Å². The lowest BCUT2D eigenvalue weighted by Gasteiger charge is -2.15. The minimum Gasteiger partial charge on any atom is -0.486 e. The van der Waals surface area contributed by atoms with Crippen LogP contribution in [0.5, 0.6) is 5.75 Å². The highest BCUT2D eigenvalue weighted by Gasteiger charge is 2.15. The van der Waals surface area contributed by atoms with E-state index in [-0.39, 0.29) is 17.7 Å². The van der Waals surface area contributed by atoms with Gasteiger partial charge in [0, 0.05) is 42.0 Å². The third-order valence-electron chi connectivity index (χ3n) is 5.90. The van der Waals surface area contributed by atoms with Crippen LogP contribution in [0, 0.1) is 24.1 Å². The average molecular weight is 515 g/mol. The Labute approximate surface area is 216 Å². The zero-order valence-electron chi connectivity index (χ0n) is 19.7. The molecule has 5 aromatic rings. The molecule has 37 heavy (non-hydrogen) atoms. The number of halogens is 2. The Morgan fingerprint density at radius 2 is 2.08 bits per heavy atom. The Balaban J connectivity index is 1.44. The number of aromatic nitrogens is 5. The molecule has 0 spiro atoms. The predicted octanol–water partition coefficient (Wildman–Crippen LogP) is 4.77. The first-order chi connectivity index (χ1) is 17.9. The van der Waals surface area contributed by atoms with E-state index in [2.05, 4.69) is 15.1 Å². The highest BCUT2D eigenvalue weighted by Crippen LogP contribution is 2.30. The summed E-state index contributed by atoms with van der Waals surface area (Å²) in [5, 5.41) is 14.5. The summed E-state index contributed by atoms with van der Waals surface area (Å²) in [5.74, 6) is 0.0919. The molecule has 0 N–H and O–H groups in total. The van der Waals surface area contributed by atoms with Gasteiger partial charge < -0.3 is 9.30 Å².